The van der Waals surface area contributed by atoms with Gasteiger partial charge in [0.15, 0.2) is 0 Å². The van der Waals surface area contributed by atoms with E-state index in [2.05, 4.69) is 0 Å². The van der Waals surface area contributed by atoms with Crippen LogP contribution in [0.2, 0.25) is 0 Å². The molecule has 1 fully saturated rings. The van der Waals surface area contributed by atoms with Crippen molar-refractivity contribution >= 4 is 23.1 Å². The molecule has 6 heteroatoms. The number of hydrogen-bond acceptors (Lipinski definition) is 5. The number of para-hydroxylation sites is 1. The number of morpholine rings is 1. The molecule has 0 bridgehead atoms. The molecule has 0 unspecified atom stereocenters. The number of imide groups is 1. The van der Waals surface area contributed by atoms with Crippen molar-refractivity contribution in [2.24, 2.45) is 0 Å². The highest BCUT2D eigenvalue weighted by Crippen LogP contribution is 2.36. The van der Waals surface area contributed by atoms with Crippen LogP contribution in [-0.2, 0) is 14.3 Å². The number of carbonyl (C=O) groups is 2. The average molecular weight is 378 g/mol. The van der Waals surface area contributed by atoms with Gasteiger partial charge in [-0.25, -0.2) is 4.90 Å². The van der Waals surface area contributed by atoms with Crippen molar-refractivity contribution in [3.63, 3.8) is 0 Å². The van der Waals surface area contributed by atoms with Crippen molar-refractivity contribution in [2.75, 3.05) is 38.3 Å². The number of nitrogens with zero attached hydrogens (tertiary/aromatic N) is 2. The Morgan fingerprint density at radius 2 is 1.61 bits per heavy atom. The summed E-state index contributed by atoms with van der Waals surface area (Å²) in [7, 11) is 1.59. The van der Waals surface area contributed by atoms with Crippen molar-refractivity contribution in [2.45, 2.75) is 6.92 Å². The molecule has 0 aromatic heterocycles. The number of benzene rings is 2. The van der Waals surface area contributed by atoms with Gasteiger partial charge >= 0.3 is 0 Å². The molecule has 0 aliphatic carbocycles. The lowest BCUT2D eigenvalue weighted by Crippen LogP contribution is -2.40. The molecule has 0 atom stereocenters. The molecule has 28 heavy (non-hydrogen) atoms. The first kappa shape index (κ1) is 18.3. The van der Waals surface area contributed by atoms with E-state index in [0.717, 1.165) is 5.56 Å². The van der Waals surface area contributed by atoms with Crippen LogP contribution in [0.25, 0.3) is 5.57 Å². The Hall–Kier alpha value is -3.12. The number of hydrogen-bond donors (Lipinski definition) is 0. The van der Waals surface area contributed by atoms with Crippen LogP contribution in [0.3, 0.4) is 0 Å². The molecule has 2 amide bonds. The number of anilines is 1. The molecule has 2 aromatic carbocycles. The normalized spacial score (nSPS) is 17.5. The molecule has 2 heterocycles. The number of carbonyl (C=O) groups excluding carboxylic acids is 2. The molecule has 144 valence electrons. The summed E-state index contributed by atoms with van der Waals surface area (Å²) in [5.74, 6) is 0.114. The molecule has 6 nitrogen and oxygen atoms in total. The van der Waals surface area contributed by atoms with E-state index < -0.39 is 0 Å². The maximum absolute atomic E-state index is 13.4. The SMILES string of the molecule is COc1ccc(C2=C(N3CCOCC3)C(=O)N(c3ccccc3C)C2=O)cc1. The lowest BCUT2D eigenvalue weighted by atomic mass is 10.0. The van der Waals surface area contributed by atoms with Crippen LogP contribution in [0.15, 0.2) is 54.2 Å². The largest absolute Gasteiger partial charge is 0.497 e. The van der Waals surface area contributed by atoms with E-state index in [1.165, 1.54) is 4.90 Å². The van der Waals surface area contributed by atoms with E-state index in [0.29, 0.717) is 54.6 Å². The predicted octanol–water partition coefficient (Wildman–Crippen LogP) is 2.62. The Balaban J connectivity index is 1.83. The number of aryl methyl sites for hydroxylation is 1. The minimum absolute atomic E-state index is 0.285. The van der Waals surface area contributed by atoms with Crippen LogP contribution in [0.5, 0.6) is 5.75 Å². The van der Waals surface area contributed by atoms with Crippen LogP contribution in [0.4, 0.5) is 5.69 Å². The first-order valence-electron chi connectivity index (χ1n) is 9.27. The van der Waals surface area contributed by atoms with Crippen LogP contribution < -0.4 is 9.64 Å². The Morgan fingerprint density at radius 3 is 2.25 bits per heavy atom. The molecule has 0 spiro atoms. The second kappa shape index (κ2) is 7.48. The highest BCUT2D eigenvalue weighted by molar-refractivity contribution is 6.45. The van der Waals surface area contributed by atoms with Crippen molar-refractivity contribution in [1.82, 2.24) is 4.90 Å². The summed E-state index contributed by atoms with van der Waals surface area (Å²) in [4.78, 5) is 30.1. The maximum atomic E-state index is 13.4. The van der Waals surface area contributed by atoms with Crippen molar-refractivity contribution in [1.29, 1.82) is 0 Å². The Bertz CT molecular complexity index is 943. The Kier molecular flexibility index (Phi) is 4.88. The van der Waals surface area contributed by atoms with E-state index in [9.17, 15) is 9.59 Å². The van der Waals surface area contributed by atoms with Crippen LogP contribution in [-0.4, -0.2) is 50.1 Å². The van der Waals surface area contributed by atoms with Gasteiger partial charge in [-0.3, -0.25) is 9.59 Å². The molecule has 2 aliphatic rings. The van der Waals surface area contributed by atoms with E-state index in [1.807, 2.05) is 42.2 Å². The molecule has 0 N–H and O–H groups in total. The molecule has 1 saturated heterocycles. The maximum Gasteiger partial charge on any atom is 0.282 e. The number of methoxy groups -OCH3 is 1. The molecular formula is C22H22N2O4. The van der Waals surface area contributed by atoms with E-state index in [-0.39, 0.29) is 11.8 Å². The molecule has 0 radical (unpaired) electrons. The summed E-state index contributed by atoms with van der Waals surface area (Å²) in [6, 6.07) is 14.7. The Morgan fingerprint density at radius 1 is 0.929 bits per heavy atom. The minimum Gasteiger partial charge on any atom is -0.497 e. The van der Waals surface area contributed by atoms with E-state index in [1.54, 1.807) is 25.3 Å². The smallest absolute Gasteiger partial charge is 0.282 e. The summed E-state index contributed by atoms with van der Waals surface area (Å²) >= 11 is 0. The minimum atomic E-state index is -0.300. The van der Waals surface area contributed by atoms with Crippen LogP contribution >= 0.6 is 0 Å². The number of rotatable bonds is 4. The number of ether oxygens (including phenoxy) is 2. The van der Waals surface area contributed by atoms with Crippen LogP contribution in [0.1, 0.15) is 11.1 Å². The van der Waals surface area contributed by atoms with Gasteiger partial charge in [0.25, 0.3) is 11.8 Å². The fourth-order valence-corrected chi connectivity index (χ4v) is 3.65. The summed E-state index contributed by atoms with van der Waals surface area (Å²) in [5.41, 5.74) is 3.07. The van der Waals surface area contributed by atoms with Gasteiger partial charge in [0.1, 0.15) is 11.4 Å². The third kappa shape index (κ3) is 3.05. The standard InChI is InChI=1S/C22H22N2O4/c1-15-5-3-4-6-18(15)24-21(25)19(16-7-9-17(27-2)10-8-16)20(22(24)26)23-11-13-28-14-12-23/h3-10H,11-14H2,1-2H3. The van der Waals surface area contributed by atoms with Crippen molar-refractivity contribution in [3.8, 4) is 5.75 Å². The quantitative estimate of drug-likeness (QED) is 0.766. The van der Waals surface area contributed by atoms with Gasteiger partial charge in [-0.2, -0.15) is 0 Å². The van der Waals surface area contributed by atoms with Crippen molar-refractivity contribution in [3.05, 3.63) is 65.4 Å². The molecule has 0 saturated carbocycles. The van der Waals surface area contributed by atoms with E-state index in [4.69, 9.17) is 9.47 Å². The van der Waals surface area contributed by atoms with Crippen LogP contribution in [0, 0.1) is 6.92 Å². The monoisotopic (exact) mass is 378 g/mol. The molecular weight excluding hydrogens is 356 g/mol. The molecule has 4 rings (SSSR count). The molecule has 2 aliphatic heterocycles. The highest BCUT2D eigenvalue weighted by Gasteiger charge is 2.43. The summed E-state index contributed by atoms with van der Waals surface area (Å²) in [6.07, 6.45) is 0. The van der Waals surface area contributed by atoms with Gasteiger partial charge in [0.2, 0.25) is 0 Å². The second-order valence-corrected chi connectivity index (χ2v) is 6.78. The predicted molar refractivity (Wildman–Crippen MR) is 106 cm³/mol. The summed E-state index contributed by atoms with van der Waals surface area (Å²) < 4.78 is 10.7. The first-order valence-corrected chi connectivity index (χ1v) is 9.27. The second-order valence-electron chi connectivity index (χ2n) is 6.78. The summed E-state index contributed by atoms with van der Waals surface area (Å²) in [6.45, 7) is 4.12. The van der Waals surface area contributed by atoms with Gasteiger partial charge in [0, 0.05) is 13.1 Å². The average Bonchev–Trinajstić information content (AvgIpc) is 2.99. The zero-order valence-corrected chi connectivity index (χ0v) is 16.0. The summed E-state index contributed by atoms with van der Waals surface area (Å²) in [5, 5.41) is 0. The van der Waals surface area contributed by atoms with E-state index >= 15 is 0 Å². The zero-order valence-electron chi connectivity index (χ0n) is 16.0. The fourth-order valence-electron chi connectivity index (χ4n) is 3.65. The number of amides is 2. The zero-order chi connectivity index (χ0) is 19.7. The topological polar surface area (TPSA) is 59.1 Å². The fraction of sp³-hybridized carbons (Fsp3) is 0.273. The lowest BCUT2D eigenvalue weighted by molar-refractivity contribution is -0.121. The first-order chi connectivity index (χ1) is 13.6. The van der Waals surface area contributed by atoms with Gasteiger partial charge in [-0.1, -0.05) is 30.3 Å². The Labute approximate surface area is 164 Å². The van der Waals surface area contributed by atoms with Gasteiger partial charge < -0.3 is 14.4 Å². The molecule has 2 aromatic rings. The van der Waals surface area contributed by atoms with Gasteiger partial charge in [0.05, 0.1) is 31.6 Å². The highest BCUT2D eigenvalue weighted by atomic mass is 16.5. The lowest BCUT2D eigenvalue weighted by Gasteiger charge is -2.29. The van der Waals surface area contributed by atoms with Crippen molar-refractivity contribution < 1.29 is 19.1 Å². The third-order valence-corrected chi connectivity index (χ3v) is 5.12. The van der Waals surface area contributed by atoms with Gasteiger partial charge in [-0.15, -0.1) is 0 Å². The third-order valence-electron chi connectivity index (χ3n) is 5.12. The van der Waals surface area contributed by atoms with Gasteiger partial charge in [-0.05, 0) is 36.2 Å².